The number of carbonyl (C=O) groups excluding carboxylic acids is 1. The van der Waals surface area contributed by atoms with Crippen LogP contribution in [0.3, 0.4) is 0 Å². The Kier molecular flexibility index (Phi) is 9.43. The normalized spacial score (nSPS) is 17.4. The van der Waals surface area contributed by atoms with E-state index < -0.39 is 0 Å². The summed E-state index contributed by atoms with van der Waals surface area (Å²) < 4.78 is 0. The molecule has 2 rings (SSSR count). The zero-order chi connectivity index (χ0) is 16.7. The first kappa shape index (κ1) is 21.0. The second kappa shape index (κ2) is 10.8. The van der Waals surface area contributed by atoms with Crippen molar-refractivity contribution in [3.63, 3.8) is 0 Å². The van der Waals surface area contributed by atoms with Gasteiger partial charge in [0.2, 0.25) is 5.91 Å². The first-order chi connectivity index (χ1) is 11.1. The number of benzene rings is 1. The van der Waals surface area contributed by atoms with E-state index in [2.05, 4.69) is 15.6 Å². The van der Waals surface area contributed by atoms with Gasteiger partial charge in [0.15, 0.2) is 5.96 Å². The number of guanidine groups is 1. The summed E-state index contributed by atoms with van der Waals surface area (Å²) in [6.07, 6.45) is 1.51. The number of rotatable bonds is 5. The Morgan fingerprint density at radius 2 is 2.12 bits per heavy atom. The molecule has 0 bridgehead atoms. The first-order valence-electron chi connectivity index (χ1n) is 8.20. The monoisotopic (exact) mass is 464 g/mol. The van der Waals surface area contributed by atoms with E-state index >= 15 is 0 Å². The number of carbonyl (C=O) groups is 1. The molecule has 2 N–H and O–H groups in total. The van der Waals surface area contributed by atoms with E-state index in [0.717, 1.165) is 42.6 Å². The van der Waals surface area contributed by atoms with Gasteiger partial charge in [0.1, 0.15) is 0 Å². The molecular formula is C17H26ClIN4O. The summed E-state index contributed by atoms with van der Waals surface area (Å²) in [5.74, 6) is 0.982. The smallest absolute Gasteiger partial charge is 0.222 e. The highest BCUT2D eigenvalue weighted by Crippen LogP contribution is 2.16. The Balaban J connectivity index is 0.00000288. The molecule has 5 nitrogen and oxygen atoms in total. The van der Waals surface area contributed by atoms with E-state index in [4.69, 9.17) is 11.6 Å². The second-order valence-electron chi connectivity index (χ2n) is 5.61. The van der Waals surface area contributed by atoms with Gasteiger partial charge in [0, 0.05) is 37.1 Å². The Labute approximate surface area is 166 Å². The van der Waals surface area contributed by atoms with Crippen LogP contribution < -0.4 is 10.6 Å². The summed E-state index contributed by atoms with van der Waals surface area (Å²) in [5, 5.41) is 7.40. The quantitative estimate of drug-likeness (QED) is 0.400. The Hall–Kier alpha value is -1.02. The molecule has 24 heavy (non-hydrogen) atoms. The van der Waals surface area contributed by atoms with Gasteiger partial charge < -0.3 is 15.5 Å². The third kappa shape index (κ3) is 6.12. The summed E-state index contributed by atoms with van der Waals surface area (Å²) in [7, 11) is 0. The lowest BCUT2D eigenvalue weighted by Gasteiger charge is -2.18. The third-order valence-corrected chi connectivity index (χ3v) is 4.26. The lowest BCUT2D eigenvalue weighted by Crippen LogP contribution is -2.45. The van der Waals surface area contributed by atoms with Crippen LogP contribution in [0.1, 0.15) is 32.3 Å². The lowest BCUT2D eigenvalue weighted by atomic mass is 10.2. The highest BCUT2D eigenvalue weighted by molar-refractivity contribution is 14.0. The molecule has 1 amide bonds. The molecule has 1 aliphatic heterocycles. The minimum absolute atomic E-state index is 0. The third-order valence-electron chi connectivity index (χ3n) is 3.89. The fraction of sp³-hybridized carbons (Fsp3) is 0.529. The molecule has 1 aromatic carbocycles. The van der Waals surface area contributed by atoms with Gasteiger partial charge in [-0.05, 0) is 25.0 Å². The average Bonchev–Trinajstić information content (AvgIpc) is 3.02. The number of aliphatic imine (C=N–C) groups is 1. The molecule has 0 radical (unpaired) electrons. The fourth-order valence-corrected chi connectivity index (χ4v) is 2.83. The molecule has 0 spiro atoms. The van der Waals surface area contributed by atoms with E-state index in [-0.39, 0.29) is 35.9 Å². The summed E-state index contributed by atoms with van der Waals surface area (Å²) in [4.78, 5) is 18.3. The van der Waals surface area contributed by atoms with Crippen molar-refractivity contribution in [1.29, 1.82) is 0 Å². The summed E-state index contributed by atoms with van der Waals surface area (Å²) in [6.45, 7) is 6.81. The summed E-state index contributed by atoms with van der Waals surface area (Å²) in [5.41, 5.74) is 1.00. The molecule has 0 saturated carbocycles. The van der Waals surface area contributed by atoms with Crippen molar-refractivity contribution in [2.75, 3.05) is 19.6 Å². The van der Waals surface area contributed by atoms with E-state index in [1.54, 1.807) is 0 Å². The first-order valence-corrected chi connectivity index (χ1v) is 8.57. The van der Waals surface area contributed by atoms with Crippen LogP contribution in [0.15, 0.2) is 29.3 Å². The lowest BCUT2D eigenvalue weighted by molar-refractivity contribution is -0.129. The number of nitrogens with one attached hydrogen (secondary N) is 2. The maximum atomic E-state index is 11.8. The molecule has 134 valence electrons. The van der Waals surface area contributed by atoms with Crippen LogP contribution in [-0.4, -0.2) is 42.4 Å². The highest BCUT2D eigenvalue weighted by atomic mass is 127. The van der Waals surface area contributed by atoms with Gasteiger partial charge >= 0.3 is 0 Å². The fourth-order valence-electron chi connectivity index (χ4n) is 2.63. The Morgan fingerprint density at radius 1 is 1.38 bits per heavy atom. The topological polar surface area (TPSA) is 56.7 Å². The van der Waals surface area contributed by atoms with E-state index in [0.29, 0.717) is 13.0 Å². The predicted molar refractivity (Wildman–Crippen MR) is 110 cm³/mol. The van der Waals surface area contributed by atoms with Gasteiger partial charge in [0.05, 0.1) is 6.54 Å². The van der Waals surface area contributed by atoms with Crippen LogP contribution in [0, 0.1) is 0 Å². The molecule has 0 aliphatic carbocycles. The Bertz CT molecular complexity index is 567. The molecule has 1 fully saturated rings. The van der Waals surface area contributed by atoms with Gasteiger partial charge in [0.25, 0.3) is 0 Å². The van der Waals surface area contributed by atoms with E-state index in [1.807, 2.05) is 43.0 Å². The molecule has 1 unspecified atom stereocenters. The number of halogens is 2. The standard InChI is InChI=1S/C17H25ClN4O.HI/c1-3-16(23)22-10-9-14(12-22)21-17(19-4-2)20-11-13-7-5-6-8-15(13)18;/h5-8,14H,3-4,9-12H2,1-2H3,(H2,19,20,21);1H. The zero-order valence-electron chi connectivity index (χ0n) is 14.2. The molecule has 1 atom stereocenters. The van der Waals surface area contributed by atoms with Gasteiger partial charge in [-0.3, -0.25) is 4.79 Å². The van der Waals surface area contributed by atoms with Gasteiger partial charge in [-0.1, -0.05) is 36.7 Å². The minimum Gasteiger partial charge on any atom is -0.357 e. The van der Waals surface area contributed by atoms with Gasteiger partial charge in [-0.25, -0.2) is 4.99 Å². The maximum Gasteiger partial charge on any atom is 0.222 e. The number of hydrogen-bond acceptors (Lipinski definition) is 2. The van der Waals surface area contributed by atoms with Crippen molar-refractivity contribution in [2.45, 2.75) is 39.3 Å². The number of hydrogen-bond donors (Lipinski definition) is 2. The predicted octanol–water partition coefficient (Wildman–Crippen LogP) is 3.02. The molecule has 1 saturated heterocycles. The van der Waals surface area contributed by atoms with Gasteiger partial charge in [-0.15, -0.1) is 24.0 Å². The van der Waals surface area contributed by atoms with E-state index in [1.165, 1.54) is 0 Å². The van der Waals surface area contributed by atoms with Crippen LogP contribution in [0.4, 0.5) is 0 Å². The summed E-state index contributed by atoms with van der Waals surface area (Å²) >= 11 is 6.17. The average molecular weight is 465 g/mol. The largest absolute Gasteiger partial charge is 0.357 e. The molecule has 0 aromatic heterocycles. The number of likely N-dealkylation sites (tertiary alicyclic amines) is 1. The van der Waals surface area contributed by atoms with Gasteiger partial charge in [-0.2, -0.15) is 0 Å². The number of amides is 1. The van der Waals surface area contributed by atoms with Crippen LogP contribution in [0.25, 0.3) is 0 Å². The molecule has 1 heterocycles. The minimum atomic E-state index is 0. The Morgan fingerprint density at radius 3 is 2.79 bits per heavy atom. The van der Waals surface area contributed by atoms with Crippen molar-refractivity contribution in [1.82, 2.24) is 15.5 Å². The van der Waals surface area contributed by atoms with E-state index in [9.17, 15) is 4.79 Å². The molecule has 1 aromatic rings. The number of nitrogens with zero attached hydrogens (tertiary/aromatic N) is 2. The van der Waals surface area contributed by atoms with Crippen LogP contribution in [0.5, 0.6) is 0 Å². The van der Waals surface area contributed by atoms with Crippen molar-refractivity contribution < 1.29 is 4.79 Å². The van der Waals surface area contributed by atoms with Crippen molar-refractivity contribution in [2.24, 2.45) is 4.99 Å². The second-order valence-corrected chi connectivity index (χ2v) is 6.02. The molecule has 7 heteroatoms. The van der Waals surface area contributed by atoms with Crippen molar-refractivity contribution in [3.05, 3.63) is 34.9 Å². The van der Waals surface area contributed by atoms with Crippen LogP contribution in [-0.2, 0) is 11.3 Å². The molecule has 1 aliphatic rings. The SMILES string of the molecule is CCNC(=NCc1ccccc1Cl)NC1CCN(C(=O)CC)C1.I. The van der Waals surface area contributed by atoms with Crippen molar-refractivity contribution >= 4 is 47.4 Å². The highest BCUT2D eigenvalue weighted by Gasteiger charge is 2.25. The maximum absolute atomic E-state index is 11.8. The van der Waals surface area contributed by atoms with Crippen LogP contribution in [0.2, 0.25) is 5.02 Å². The summed E-state index contributed by atoms with van der Waals surface area (Å²) in [6, 6.07) is 7.97. The molecular weight excluding hydrogens is 439 g/mol. The van der Waals surface area contributed by atoms with Crippen molar-refractivity contribution in [3.8, 4) is 0 Å². The zero-order valence-corrected chi connectivity index (χ0v) is 17.3. The van der Waals surface area contributed by atoms with Crippen LogP contribution >= 0.6 is 35.6 Å².